The van der Waals surface area contributed by atoms with Crippen LogP contribution in [0.15, 0.2) is 291 Å². The molecule has 0 aliphatic heterocycles. The number of hydrogen-bond acceptors (Lipinski definition) is 2. The lowest BCUT2D eigenvalue weighted by Crippen LogP contribution is -2.11. The van der Waals surface area contributed by atoms with E-state index in [4.69, 9.17) is 0 Å². The monoisotopic (exact) mass is 968 g/mol. The van der Waals surface area contributed by atoms with Crippen LogP contribution in [0.2, 0.25) is 0 Å². The van der Waals surface area contributed by atoms with E-state index in [1.165, 1.54) is 81.5 Å². The summed E-state index contributed by atoms with van der Waals surface area (Å²) in [5.74, 6) is 0. The van der Waals surface area contributed by atoms with E-state index in [9.17, 15) is 0 Å². The Morgan fingerprint density at radius 3 is 1.17 bits per heavy atom. The fraction of sp³-hybridized carbons (Fsp3) is 0. The van der Waals surface area contributed by atoms with Crippen LogP contribution in [0.4, 0.5) is 34.1 Å². The largest absolute Gasteiger partial charge is 0.310 e. The molecule has 0 unspecified atom stereocenters. The maximum atomic E-state index is 2.47. The van der Waals surface area contributed by atoms with E-state index in [2.05, 4.69) is 310 Å². The van der Waals surface area contributed by atoms with Crippen molar-refractivity contribution < 1.29 is 0 Å². The highest BCUT2D eigenvalue weighted by atomic mass is 15.2. The number of rotatable bonds is 9. The maximum Gasteiger partial charge on any atom is 0.0542 e. The molecule has 0 bridgehead atoms. The fourth-order valence-corrected chi connectivity index (χ4v) is 12.1. The van der Waals surface area contributed by atoms with Crippen LogP contribution < -0.4 is 9.80 Å². The van der Waals surface area contributed by atoms with Gasteiger partial charge in [-0.05, 0) is 130 Å². The van der Waals surface area contributed by atoms with E-state index >= 15 is 0 Å². The minimum atomic E-state index is 1.08. The molecule has 0 spiro atoms. The van der Waals surface area contributed by atoms with Crippen LogP contribution in [0.25, 0.3) is 98.4 Å². The Labute approximate surface area is 440 Å². The quantitative estimate of drug-likeness (QED) is 0.143. The number of nitrogens with zero attached hydrogens (tertiary/aromatic N) is 4. The minimum absolute atomic E-state index is 1.08. The third-order valence-electron chi connectivity index (χ3n) is 15.4. The molecule has 0 saturated heterocycles. The molecule has 13 aromatic carbocycles. The Morgan fingerprint density at radius 1 is 0.224 bits per heavy atom. The van der Waals surface area contributed by atoms with Crippen LogP contribution in [-0.2, 0) is 0 Å². The van der Waals surface area contributed by atoms with Crippen molar-refractivity contribution >= 4 is 110 Å². The zero-order chi connectivity index (χ0) is 50.1. The Balaban J connectivity index is 0.883. The van der Waals surface area contributed by atoms with E-state index in [-0.39, 0.29) is 0 Å². The van der Waals surface area contributed by atoms with Crippen molar-refractivity contribution in [3.8, 4) is 22.5 Å². The first-order chi connectivity index (χ1) is 37.7. The average molecular weight is 969 g/mol. The summed E-state index contributed by atoms with van der Waals surface area (Å²) in [6.07, 6.45) is 0. The van der Waals surface area contributed by atoms with E-state index in [0.29, 0.717) is 0 Å². The van der Waals surface area contributed by atoms with Crippen molar-refractivity contribution in [3.63, 3.8) is 0 Å². The molecule has 15 aromatic rings. The van der Waals surface area contributed by atoms with Gasteiger partial charge in [-0.2, -0.15) is 0 Å². The molecule has 15 rings (SSSR count). The smallest absolute Gasteiger partial charge is 0.0542 e. The van der Waals surface area contributed by atoms with Crippen molar-refractivity contribution in [2.75, 3.05) is 9.80 Å². The van der Waals surface area contributed by atoms with Crippen molar-refractivity contribution in [1.82, 2.24) is 9.13 Å². The first kappa shape index (κ1) is 43.4. The highest BCUT2D eigenvalue weighted by Crippen LogP contribution is 2.47. The Morgan fingerprint density at radius 2 is 0.605 bits per heavy atom. The van der Waals surface area contributed by atoms with Crippen molar-refractivity contribution in [1.29, 1.82) is 0 Å². The van der Waals surface area contributed by atoms with Crippen molar-refractivity contribution in [3.05, 3.63) is 291 Å². The first-order valence-electron chi connectivity index (χ1n) is 26.1. The predicted molar refractivity (Wildman–Crippen MR) is 322 cm³/mol. The molecule has 0 fully saturated rings. The van der Waals surface area contributed by atoms with Crippen LogP contribution in [0.5, 0.6) is 0 Å². The summed E-state index contributed by atoms with van der Waals surface area (Å²) in [7, 11) is 0. The summed E-state index contributed by atoms with van der Waals surface area (Å²) in [5, 5.41) is 12.0. The Hall–Kier alpha value is -10.2. The van der Waals surface area contributed by atoms with Gasteiger partial charge in [-0.25, -0.2) is 0 Å². The highest BCUT2D eigenvalue weighted by Gasteiger charge is 2.23. The summed E-state index contributed by atoms with van der Waals surface area (Å²) >= 11 is 0. The summed E-state index contributed by atoms with van der Waals surface area (Å²) in [6, 6.07) is 106. The van der Waals surface area contributed by atoms with Gasteiger partial charge in [-0.3, -0.25) is 0 Å². The summed E-state index contributed by atoms with van der Waals surface area (Å²) < 4.78 is 4.77. The lowest BCUT2D eigenvalue weighted by atomic mass is 9.96. The van der Waals surface area contributed by atoms with Gasteiger partial charge >= 0.3 is 0 Å². The van der Waals surface area contributed by atoms with Gasteiger partial charge in [0.2, 0.25) is 0 Å². The zero-order valence-electron chi connectivity index (χ0n) is 41.5. The summed E-state index contributed by atoms with van der Waals surface area (Å²) in [6.45, 7) is 0. The number of aromatic nitrogens is 2. The second-order valence-corrected chi connectivity index (χ2v) is 19.7. The molecular weight excluding hydrogens is 921 g/mol. The number of hydrogen-bond donors (Lipinski definition) is 0. The number of fused-ring (bicyclic) bond motifs is 9. The highest BCUT2D eigenvalue weighted by molar-refractivity contribution is 6.14. The molecule has 0 amide bonds. The SMILES string of the molecule is c1ccc(-n2c3ccccc3c3cc(N(c4ccc(-c5cccc6c(N(c7ccc8c(c7)c7ccccc7n8-c7ccccc7)c7cccc8ccccc78)cccc56)cc4)c4cccc5ccccc45)ccc32)cc1. The fourth-order valence-electron chi connectivity index (χ4n) is 12.1. The molecular formula is C72H48N4. The van der Waals surface area contributed by atoms with Gasteiger partial charge in [0.05, 0.1) is 39.1 Å². The zero-order valence-corrected chi connectivity index (χ0v) is 41.5. The number of para-hydroxylation sites is 4. The maximum absolute atomic E-state index is 2.47. The van der Waals surface area contributed by atoms with Gasteiger partial charge < -0.3 is 18.9 Å². The number of benzene rings is 13. The lowest BCUT2D eigenvalue weighted by molar-refractivity contribution is 1.18. The molecule has 76 heavy (non-hydrogen) atoms. The predicted octanol–water partition coefficient (Wildman–Crippen LogP) is 19.9. The third kappa shape index (κ3) is 7.00. The normalized spacial score (nSPS) is 11.7. The Kier molecular flexibility index (Phi) is 10.2. The van der Waals surface area contributed by atoms with E-state index in [0.717, 1.165) is 51.1 Å². The molecule has 4 heteroatoms. The van der Waals surface area contributed by atoms with Gasteiger partial charge in [0, 0.05) is 66.1 Å². The molecule has 2 heterocycles. The van der Waals surface area contributed by atoms with Gasteiger partial charge in [0.1, 0.15) is 0 Å². The second kappa shape index (κ2) is 17.8. The minimum Gasteiger partial charge on any atom is -0.310 e. The molecule has 0 aliphatic rings. The lowest BCUT2D eigenvalue weighted by Gasteiger charge is -2.29. The van der Waals surface area contributed by atoms with Crippen LogP contribution >= 0.6 is 0 Å². The van der Waals surface area contributed by atoms with E-state index < -0.39 is 0 Å². The van der Waals surface area contributed by atoms with Gasteiger partial charge in [0.25, 0.3) is 0 Å². The molecule has 0 atom stereocenters. The average Bonchev–Trinajstić information content (AvgIpc) is 4.09. The summed E-state index contributed by atoms with van der Waals surface area (Å²) in [5.41, 5.74) is 16.0. The van der Waals surface area contributed by atoms with Crippen LogP contribution in [0.3, 0.4) is 0 Å². The number of anilines is 6. The van der Waals surface area contributed by atoms with Crippen molar-refractivity contribution in [2.45, 2.75) is 0 Å². The second-order valence-electron chi connectivity index (χ2n) is 19.7. The van der Waals surface area contributed by atoms with Crippen LogP contribution in [0.1, 0.15) is 0 Å². The molecule has 2 aromatic heterocycles. The molecule has 0 N–H and O–H groups in total. The third-order valence-corrected chi connectivity index (χ3v) is 15.4. The molecule has 0 radical (unpaired) electrons. The standard InChI is InChI=1S/C72H48N4/c1-3-23-52(24-4-1)74-68-34-13-11-29-62(68)64-47-55(43-45-71(64)74)73(66-36-15-21-49-19-7-9-27-58(49)66)54-41-39-51(40-42-54)57-31-17-33-61-60(57)32-18-38-70(61)76(67-37-16-22-50-20-8-10-28-59(50)67)56-44-46-72-65(48-56)63-30-12-14-35-69(63)75(72)53-25-5-2-6-26-53/h1-48H. The summed E-state index contributed by atoms with van der Waals surface area (Å²) in [4.78, 5) is 4.90. The topological polar surface area (TPSA) is 16.3 Å². The van der Waals surface area contributed by atoms with E-state index in [1.54, 1.807) is 0 Å². The van der Waals surface area contributed by atoms with Crippen LogP contribution in [0, 0.1) is 0 Å². The molecule has 0 aliphatic carbocycles. The van der Waals surface area contributed by atoms with Crippen LogP contribution in [-0.4, -0.2) is 9.13 Å². The molecule has 4 nitrogen and oxygen atoms in total. The van der Waals surface area contributed by atoms with Gasteiger partial charge in [-0.1, -0.05) is 188 Å². The molecule has 356 valence electrons. The van der Waals surface area contributed by atoms with Crippen molar-refractivity contribution in [2.24, 2.45) is 0 Å². The van der Waals surface area contributed by atoms with E-state index in [1.807, 2.05) is 0 Å². The Bertz CT molecular complexity index is 4690. The van der Waals surface area contributed by atoms with Gasteiger partial charge in [0.15, 0.2) is 0 Å². The first-order valence-corrected chi connectivity index (χ1v) is 26.1. The van der Waals surface area contributed by atoms with Gasteiger partial charge in [-0.15, -0.1) is 0 Å². The molecule has 0 saturated carbocycles.